The zero-order valence-electron chi connectivity index (χ0n) is 38.1. The maximum Gasteiger partial charge on any atom is 0.430 e. The highest BCUT2D eigenvalue weighted by Gasteiger charge is 2.68. The second-order valence-electron chi connectivity index (χ2n) is 18.7. The molecule has 6 aromatic rings. The summed E-state index contributed by atoms with van der Waals surface area (Å²) in [7, 11) is 0. The maximum absolute atomic E-state index is 16.2. The average Bonchev–Trinajstić information content (AvgIpc) is 3.97. The van der Waals surface area contributed by atoms with Gasteiger partial charge in [-0.1, -0.05) is 38.7 Å². The van der Waals surface area contributed by atoms with Gasteiger partial charge in [0.05, 0.1) is 40.2 Å². The standard InChI is InChI=1S/C46H48ClF2N13O4S2/c1-42(2,3)46(45(19-10-20-45)36-30(49)12-8-22-52-36,34-16-15-33(58-59-34)38-53-24-27(23-47)67-38)66-41(64)62(43(4,5)6)60-40(63)65-37(44(17-9-18-44)35-29(48)11-7-21-51-35)31-13-14-32(57-56-31)39-54-25-28(68-39)26-55-61-50/h7-8,11-16,21-22,24-25,37H,9-10,17-20,23,26H2,1-6H3,(H,60,63). The van der Waals surface area contributed by atoms with Crippen LogP contribution in [-0.4, -0.2) is 63.1 Å². The molecule has 354 valence electrons. The van der Waals surface area contributed by atoms with E-state index in [0.29, 0.717) is 64.8 Å². The number of aromatic nitrogens is 8. The van der Waals surface area contributed by atoms with Crippen LogP contribution in [0.4, 0.5) is 18.4 Å². The SMILES string of the molecule is CC(C)(C)N(NC(=O)OC(c1ccc(-c2ncc(CN=[N+]=[N-])s2)nn1)C1(c2ncccc2F)CCC1)C(=O)OC(c1ccc(-c2ncc(CCl)s2)nn1)(C(C)(C)C)C1(c2ncccc2F)CCC1. The molecule has 0 bridgehead atoms. The zero-order valence-corrected chi connectivity index (χ0v) is 40.5. The second kappa shape index (κ2) is 19.0. The number of pyridine rings is 2. The van der Waals surface area contributed by atoms with Crippen molar-refractivity contribution in [3.63, 3.8) is 0 Å². The first kappa shape index (κ1) is 48.2. The van der Waals surface area contributed by atoms with Crippen molar-refractivity contribution >= 4 is 46.5 Å². The van der Waals surface area contributed by atoms with Crippen LogP contribution in [0.3, 0.4) is 0 Å². The number of ether oxygens (including phenoxy) is 2. The Morgan fingerprint density at radius 1 is 0.838 bits per heavy atom. The van der Waals surface area contributed by atoms with E-state index in [2.05, 4.69) is 50.7 Å². The molecule has 0 aromatic carbocycles. The molecule has 2 aliphatic rings. The van der Waals surface area contributed by atoms with Crippen molar-refractivity contribution in [1.29, 1.82) is 0 Å². The van der Waals surface area contributed by atoms with E-state index < -0.39 is 57.3 Å². The summed E-state index contributed by atoms with van der Waals surface area (Å²) in [5, 5.41) is 23.9. The molecule has 2 aliphatic carbocycles. The number of nitrogens with one attached hydrogen (secondary N) is 1. The van der Waals surface area contributed by atoms with E-state index in [-0.39, 0.29) is 35.2 Å². The molecule has 6 heterocycles. The number of carbonyl (C=O) groups is 2. The van der Waals surface area contributed by atoms with Gasteiger partial charge in [0.25, 0.3) is 0 Å². The van der Waals surface area contributed by atoms with Gasteiger partial charge in [-0.3, -0.25) is 9.97 Å². The first-order valence-corrected chi connectivity index (χ1v) is 24.0. The van der Waals surface area contributed by atoms with Crippen molar-refractivity contribution < 1.29 is 27.8 Å². The number of rotatable bonds is 13. The highest BCUT2D eigenvalue weighted by Crippen LogP contribution is 2.63. The molecule has 2 amide bonds. The van der Waals surface area contributed by atoms with Crippen molar-refractivity contribution in [2.45, 2.75) is 121 Å². The first-order valence-electron chi connectivity index (χ1n) is 21.8. The van der Waals surface area contributed by atoms with Gasteiger partial charge in [0.15, 0.2) is 11.7 Å². The van der Waals surface area contributed by atoms with Crippen LogP contribution < -0.4 is 5.43 Å². The van der Waals surface area contributed by atoms with Gasteiger partial charge in [0.2, 0.25) is 0 Å². The molecule has 6 aromatic heterocycles. The van der Waals surface area contributed by atoms with Crippen molar-refractivity contribution in [3.05, 3.63) is 128 Å². The smallest absolute Gasteiger partial charge is 0.430 e. The van der Waals surface area contributed by atoms with Crippen molar-refractivity contribution in [2.75, 3.05) is 0 Å². The quantitative estimate of drug-likeness (QED) is 0.0375. The van der Waals surface area contributed by atoms with Crippen molar-refractivity contribution in [3.8, 4) is 21.4 Å². The number of amides is 2. The summed E-state index contributed by atoms with van der Waals surface area (Å²) in [6, 6.07) is 12.3. The monoisotopic (exact) mass is 983 g/mol. The summed E-state index contributed by atoms with van der Waals surface area (Å²) in [5.74, 6) is -0.888. The number of hydrazine groups is 1. The molecule has 2 unspecified atom stereocenters. The fourth-order valence-electron chi connectivity index (χ4n) is 9.27. The van der Waals surface area contributed by atoms with E-state index in [1.165, 1.54) is 59.3 Å². The lowest BCUT2D eigenvalue weighted by Crippen LogP contribution is -2.66. The highest BCUT2D eigenvalue weighted by molar-refractivity contribution is 7.15. The van der Waals surface area contributed by atoms with Gasteiger partial charge in [-0.05, 0) is 101 Å². The molecule has 0 radical (unpaired) electrons. The first-order chi connectivity index (χ1) is 32.5. The lowest BCUT2D eigenvalue weighted by Gasteiger charge is -2.59. The largest absolute Gasteiger partial charge is 0.437 e. The maximum atomic E-state index is 16.2. The predicted molar refractivity (Wildman–Crippen MR) is 250 cm³/mol. The van der Waals surface area contributed by atoms with Crippen molar-refractivity contribution in [2.24, 2.45) is 10.5 Å². The molecule has 0 spiro atoms. The molecular formula is C46H48ClF2N13O4S2. The van der Waals surface area contributed by atoms with Gasteiger partial charge in [-0.2, -0.15) is 10.2 Å². The third kappa shape index (κ3) is 8.83. The molecule has 17 nitrogen and oxygen atoms in total. The predicted octanol–water partition coefficient (Wildman–Crippen LogP) is 11.2. The summed E-state index contributed by atoms with van der Waals surface area (Å²) < 4.78 is 45.1. The number of thiazole rings is 2. The third-order valence-corrected chi connectivity index (χ3v) is 15.1. The third-order valence-electron chi connectivity index (χ3n) is 12.6. The number of carbonyl (C=O) groups excluding carboxylic acids is 2. The van der Waals surface area contributed by atoms with Crippen LogP contribution in [0.5, 0.6) is 0 Å². The number of hydrogen-bond acceptors (Lipinski definition) is 15. The van der Waals surface area contributed by atoms with Crippen LogP contribution in [0.15, 0.2) is 78.4 Å². The van der Waals surface area contributed by atoms with E-state index in [1.54, 1.807) is 57.4 Å². The minimum Gasteiger partial charge on any atom is -0.437 e. The van der Waals surface area contributed by atoms with Crippen LogP contribution in [0.25, 0.3) is 31.8 Å². The van der Waals surface area contributed by atoms with Gasteiger partial charge in [0.1, 0.15) is 44.4 Å². The fraction of sp³-hybridized carbons (Fsp3) is 0.435. The van der Waals surface area contributed by atoms with Crippen LogP contribution in [-0.2, 0) is 38.3 Å². The number of hydrogen-bond donors (Lipinski definition) is 1. The second-order valence-corrected chi connectivity index (χ2v) is 21.2. The minimum absolute atomic E-state index is 0.0913. The van der Waals surface area contributed by atoms with E-state index in [4.69, 9.17) is 31.7 Å². The molecule has 0 aliphatic heterocycles. The zero-order chi connectivity index (χ0) is 48.5. The molecule has 2 saturated carbocycles. The van der Waals surface area contributed by atoms with E-state index in [9.17, 15) is 4.79 Å². The minimum atomic E-state index is -1.76. The molecule has 1 N–H and O–H groups in total. The number of azide groups is 1. The fourth-order valence-corrected chi connectivity index (χ4v) is 11.0. The number of halogens is 3. The van der Waals surface area contributed by atoms with E-state index in [1.807, 2.05) is 20.8 Å². The average molecular weight is 985 g/mol. The molecular weight excluding hydrogens is 936 g/mol. The normalized spacial score (nSPS) is 16.5. The topological polar surface area (TPSA) is 220 Å². The Morgan fingerprint density at radius 2 is 1.44 bits per heavy atom. The Labute approximate surface area is 403 Å². The Bertz CT molecular complexity index is 2840. The van der Waals surface area contributed by atoms with Crippen LogP contribution >= 0.6 is 34.3 Å². The van der Waals surface area contributed by atoms with E-state index >= 15 is 13.6 Å². The summed E-state index contributed by atoms with van der Waals surface area (Å²) in [4.78, 5) is 52.0. The molecule has 2 fully saturated rings. The Balaban J connectivity index is 1.17. The summed E-state index contributed by atoms with van der Waals surface area (Å²) in [6.07, 6.45) is 5.74. The summed E-state index contributed by atoms with van der Waals surface area (Å²) in [5.41, 5.74) is 6.53. The summed E-state index contributed by atoms with van der Waals surface area (Å²) >= 11 is 8.71. The Morgan fingerprint density at radius 3 is 1.93 bits per heavy atom. The molecule has 8 rings (SSSR count). The lowest BCUT2D eigenvalue weighted by molar-refractivity contribution is -0.175. The molecule has 22 heteroatoms. The Kier molecular flexibility index (Phi) is 13.5. The van der Waals surface area contributed by atoms with E-state index in [0.717, 1.165) is 9.89 Å². The van der Waals surface area contributed by atoms with Gasteiger partial charge in [-0.25, -0.2) is 38.8 Å². The van der Waals surface area contributed by atoms with Gasteiger partial charge in [0, 0.05) is 44.9 Å². The molecule has 2 atom stereocenters. The van der Waals surface area contributed by atoms with Crippen LogP contribution in [0.1, 0.15) is 119 Å². The van der Waals surface area contributed by atoms with Gasteiger partial charge >= 0.3 is 12.2 Å². The van der Waals surface area contributed by atoms with Crippen molar-refractivity contribution in [1.82, 2.24) is 50.8 Å². The summed E-state index contributed by atoms with van der Waals surface area (Å²) in [6.45, 7) is 10.8. The number of nitrogens with zero attached hydrogens (tertiary/aromatic N) is 12. The van der Waals surface area contributed by atoms with Gasteiger partial charge in [-0.15, -0.1) is 44.5 Å². The lowest BCUT2D eigenvalue weighted by atomic mass is 9.49. The highest BCUT2D eigenvalue weighted by atomic mass is 35.5. The van der Waals surface area contributed by atoms with Gasteiger partial charge < -0.3 is 9.47 Å². The Hall–Kier alpha value is -6.28. The molecule has 0 saturated heterocycles. The van der Waals surface area contributed by atoms with Crippen LogP contribution in [0.2, 0.25) is 0 Å². The van der Waals surface area contributed by atoms with Crippen LogP contribution in [0, 0.1) is 17.0 Å². The molecule has 68 heavy (non-hydrogen) atoms. The number of alkyl halides is 1.